The highest BCUT2D eigenvalue weighted by Crippen LogP contribution is 2.09. The lowest BCUT2D eigenvalue weighted by Gasteiger charge is -2.13. The van der Waals surface area contributed by atoms with Gasteiger partial charge < -0.3 is 11.1 Å². The molecule has 1 amide bonds. The molecule has 0 saturated heterocycles. The molecule has 6 nitrogen and oxygen atoms in total. The largest absolute Gasteiger partial charge is 0.393 e. The molecule has 8 heteroatoms. The summed E-state index contributed by atoms with van der Waals surface area (Å²) in [4.78, 5) is 12.1. The smallest absolute Gasteiger partial charge is 0.238 e. The van der Waals surface area contributed by atoms with E-state index >= 15 is 0 Å². The first-order valence-corrected chi connectivity index (χ1v) is 8.40. The fourth-order valence-corrected chi connectivity index (χ4v) is 2.60. The van der Waals surface area contributed by atoms with Crippen LogP contribution in [-0.4, -0.2) is 25.9 Å². The molecule has 0 aliphatic rings. The summed E-state index contributed by atoms with van der Waals surface area (Å²) >= 11 is 4.83. The van der Waals surface area contributed by atoms with Crippen LogP contribution in [0.5, 0.6) is 0 Å². The Kier molecular flexibility index (Phi) is 6.25. The van der Waals surface area contributed by atoms with Gasteiger partial charge in [0.15, 0.2) is 0 Å². The van der Waals surface area contributed by atoms with Gasteiger partial charge in [-0.25, -0.2) is 13.6 Å². The molecule has 0 aromatic heterocycles. The van der Waals surface area contributed by atoms with Crippen LogP contribution in [0.15, 0.2) is 29.2 Å². The highest BCUT2D eigenvalue weighted by Gasteiger charge is 2.18. The van der Waals surface area contributed by atoms with Gasteiger partial charge in [0, 0.05) is 6.54 Å². The second-order valence-electron chi connectivity index (χ2n) is 4.59. The fourth-order valence-electron chi connectivity index (χ4n) is 1.81. The molecule has 0 fully saturated rings. The van der Waals surface area contributed by atoms with Crippen LogP contribution >= 0.6 is 12.2 Å². The summed E-state index contributed by atoms with van der Waals surface area (Å²) < 4.78 is 22.2. The van der Waals surface area contributed by atoms with Gasteiger partial charge in [-0.3, -0.25) is 4.79 Å². The molecule has 1 aromatic rings. The predicted molar refractivity (Wildman–Crippen MR) is 85.1 cm³/mol. The molecule has 1 atom stereocenters. The van der Waals surface area contributed by atoms with Crippen LogP contribution in [0.2, 0.25) is 0 Å². The first-order chi connectivity index (χ1) is 9.75. The second kappa shape index (κ2) is 7.48. The molecule has 0 aliphatic carbocycles. The molecule has 0 heterocycles. The molecule has 1 rings (SSSR count). The van der Waals surface area contributed by atoms with Crippen LogP contribution < -0.4 is 16.2 Å². The summed E-state index contributed by atoms with van der Waals surface area (Å²) in [6.45, 7) is 2.27. The summed E-state index contributed by atoms with van der Waals surface area (Å²) in [5.74, 6) is -0.643. The predicted octanol–water partition coefficient (Wildman–Crippen LogP) is 0.305. The van der Waals surface area contributed by atoms with Crippen molar-refractivity contribution in [3.8, 4) is 0 Å². The third-order valence-electron chi connectivity index (χ3n) is 3.03. The van der Waals surface area contributed by atoms with E-state index in [0.717, 1.165) is 5.56 Å². The van der Waals surface area contributed by atoms with E-state index in [0.29, 0.717) is 19.4 Å². The Balaban J connectivity index is 2.53. The minimum Gasteiger partial charge on any atom is -0.393 e. The van der Waals surface area contributed by atoms with Crippen molar-refractivity contribution in [2.75, 3.05) is 6.54 Å². The Morgan fingerprint density at radius 1 is 1.33 bits per heavy atom. The minimum atomic E-state index is -3.68. The summed E-state index contributed by atoms with van der Waals surface area (Å²) in [5, 5.41) is 7.77. The minimum absolute atomic E-state index is 0.0646. The van der Waals surface area contributed by atoms with E-state index in [-0.39, 0.29) is 15.8 Å². The van der Waals surface area contributed by atoms with Crippen molar-refractivity contribution in [3.63, 3.8) is 0 Å². The van der Waals surface area contributed by atoms with E-state index in [9.17, 15) is 13.2 Å². The number of carbonyl (C=O) groups is 1. The topological polar surface area (TPSA) is 115 Å². The molecule has 1 unspecified atom stereocenters. The Hall–Kier alpha value is -1.51. The number of primary sulfonamides is 1. The maximum atomic E-state index is 11.8. The molecular formula is C13H19N3O3S2. The maximum Gasteiger partial charge on any atom is 0.238 e. The van der Waals surface area contributed by atoms with Crippen LogP contribution in [0.4, 0.5) is 0 Å². The number of nitrogens with one attached hydrogen (secondary N) is 1. The number of nitrogens with two attached hydrogens (primary N) is 2. The third kappa shape index (κ3) is 5.41. The fraction of sp³-hybridized carbons (Fsp3) is 0.385. The highest BCUT2D eigenvalue weighted by atomic mass is 32.2. The normalized spacial score (nSPS) is 12.7. The average molecular weight is 329 g/mol. The summed E-state index contributed by atoms with van der Waals surface area (Å²) in [6.07, 6.45) is 1.13. The number of benzene rings is 1. The van der Waals surface area contributed by atoms with Crippen LogP contribution in [0.3, 0.4) is 0 Å². The van der Waals surface area contributed by atoms with Crippen LogP contribution in [0, 0.1) is 5.92 Å². The van der Waals surface area contributed by atoms with E-state index in [1.54, 1.807) is 12.1 Å². The molecule has 21 heavy (non-hydrogen) atoms. The number of rotatable bonds is 7. The Labute approximate surface area is 129 Å². The van der Waals surface area contributed by atoms with Crippen molar-refractivity contribution >= 4 is 33.1 Å². The Morgan fingerprint density at radius 3 is 2.33 bits per heavy atom. The molecule has 0 spiro atoms. The van der Waals surface area contributed by atoms with E-state index < -0.39 is 15.9 Å². The van der Waals surface area contributed by atoms with Gasteiger partial charge in [0.05, 0.1) is 15.8 Å². The van der Waals surface area contributed by atoms with Gasteiger partial charge in [-0.2, -0.15) is 0 Å². The van der Waals surface area contributed by atoms with E-state index in [1.165, 1.54) is 12.1 Å². The Bertz CT molecular complexity index is 612. The van der Waals surface area contributed by atoms with Crippen molar-refractivity contribution in [3.05, 3.63) is 29.8 Å². The van der Waals surface area contributed by atoms with Crippen LogP contribution in [0.25, 0.3) is 0 Å². The highest BCUT2D eigenvalue weighted by molar-refractivity contribution is 7.89. The van der Waals surface area contributed by atoms with Gasteiger partial charge in [0.25, 0.3) is 0 Å². The zero-order valence-electron chi connectivity index (χ0n) is 11.7. The van der Waals surface area contributed by atoms with Crippen molar-refractivity contribution in [2.24, 2.45) is 16.8 Å². The van der Waals surface area contributed by atoms with E-state index in [1.807, 2.05) is 6.92 Å². The van der Waals surface area contributed by atoms with Gasteiger partial charge in [-0.1, -0.05) is 31.3 Å². The quantitative estimate of drug-likeness (QED) is 0.623. The SMILES string of the molecule is CCC(C(=O)NCCc1ccc(S(N)(=O)=O)cc1)C(N)=S. The monoisotopic (exact) mass is 329 g/mol. The molecule has 0 radical (unpaired) electrons. The van der Waals surface area contributed by atoms with E-state index in [4.69, 9.17) is 23.1 Å². The molecule has 0 saturated carbocycles. The molecule has 0 aliphatic heterocycles. The summed E-state index contributed by atoms with van der Waals surface area (Å²) in [5.41, 5.74) is 6.38. The van der Waals surface area contributed by atoms with Crippen molar-refractivity contribution in [2.45, 2.75) is 24.7 Å². The molecule has 5 N–H and O–H groups in total. The molecular weight excluding hydrogens is 310 g/mol. The van der Waals surface area contributed by atoms with Gasteiger partial charge in [0.1, 0.15) is 0 Å². The second-order valence-corrected chi connectivity index (χ2v) is 6.63. The zero-order chi connectivity index (χ0) is 16.0. The zero-order valence-corrected chi connectivity index (χ0v) is 13.3. The average Bonchev–Trinajstić information content (AvgIpc) is 2.38. The van der Waals surface area contributed by atoms with Gasteiger partial charge >= 0.3 is 0 Å². The van der Waals surface area contributed by atoms with Crippen molar-refractivity contribution in [1.82, 2.24) is 5.32 Å². The van der Waals surface area contributed by atoms with E-state index in [2.05, 4.69) is 5.32 Å². The standard InChI is InChI=1S/C13H19N3O3S2/c1-2-11(12(14)20)13(17)16-8-7-9-3-5-10(6-4-9)21(15,18)19/h3-6,11H,2,7-8H2,1H3,(H2,14,20)(H,16,17)(H2,15,18,19). The molecule has 116 valence electrons. The molecule has 0 bridgehead atoms. The number of amides is 1. The van der Waals surface area contributed by atoms with Crippen LogP contribution in [0.1, 0.15) is 18.9 Å². The lowest BCUT2D eigenvalue weighted by atomic mass is 10.1. The summed E-state index contributed by atoms with van der Waals surface area (Å²) in [6, 6.07) is 6.21. The maximum absolute atomic E-state index is 11.8. The van der Waals surface area contributed by atoms with Gasteiger partial charge in [0.2, 0.25) is 15.9 Å². The number of carbonyl (C=O) groups excluding carboxylic acids is 1. The van der Waals surface area contributed by atoms with Gasteiger partial charge in [-0.15, -0.1) is 0 Å². The third-order valence-corrected chi connectivity index (χ3v) is 4.25. The summed E-state index contributed by atoms with van der Waals surface area (Å²) in [7, 11) is -3.68. The number of hydrogen-bond acceptors (Lipinski definition) is 4. The first kappa shape index (κ1) is 17.5. The lowest BCUT2D eigenvalue weighted by molar-refractivity contribution is -0.123. The number of thiocarbonyl (C=S) groups is 1. The van der Waals surface area contributed by atoms with Crippen molar-refractivity contribution in [1.29, 1.82) is 0 Å². The number of sulfonamides is 1. The lowest BCUT2D eigenvalue weighted by Crippen LogP contribution is -2.38. The van der Waals surface area contributed by atoms with Gasteiger partial charge in [-0.05, 0) is 30.5 Å². The van der Waals surface area contributed by atoms with Crippen molar-refractivity contribution < 1.29 is 13.2 Å². The first-order valence-electron chi connectivity index (χ1n) is 6.44. The molecule has 1 aromatic carbocycles. The Morgan fingerprint density at radius 2 is 1.90 bits per heavy atom. The van der Waals surface area contributed by atoms with Crippen LogP contribution in [-0.2, 0) is 21.2 Å². The number of hydrogen-bond donors (Lipinski definition) is 3.